The Labute approximate surface area is 64.8 Å². The van der Waals surface area contributed by atoms with Gasteiger partial charge in [0, 0.05) is 0 Å². The van der Waals surface area contributed by atoms with Crippen LogP contribution in [0, 0.1) is 0 Å². The van der Waals surface area contributed by atoms with E-state index in [1.165, 1.54) is 0 Å². The molecule has 0 aliphatic carbocycles. The molecular weight excluding hydrogens is 176 g/mol. The van der Waals surface area contributed by atoms with Gasteiger partial charge in [-0.2, -0.15) is 0 Å². The summed E-state index contributed by atoms with van der Waals surface area (Å²) >= 11 is 1.16. The van der Waals surface area contributed by atoms with E-state index in [2.05, 4.69) is 0 Å². The normalized spacial score (nSPS) is 0.500. The molecule has 0 saturated carbocycles. The van der Waals surface area contributed by atoms with Crippen LogP contribution in [-0.4, -0.2) is 32.9 Å². The molecule has 8 heavy (non-hydrogen) atoms. The SMILES string of the molecule is O.O.O.O.O.O.[Cl][Sc]. The van der Waals surface area contributed by atoms with Crippen molar-refractivity contribution in [1.82, 2.24) is 0 Å². The van der Waals surface area contributed by atoms with Crippen LogP contribution in [0.5, 0.6) is 0 Å². The van der Waals surface area contributed by atoms with Crippen molar-refractivity contribution in [1.29, 1.82) is 0 Å². The second-order valence-electron chi connectivity index (χ2n) is 0. The molecule has 0 spiro atoms. The predicted octanol–water partition coefficient (Wildman–Crippen LogP) is -4.26. The van der Waals surface area contributed by atoms with Crippen LogP contribution in [0.1, 0.15) is 0 Å². The van der Waals surface area contributed by atoms with Gasteiger partial charge < -0.3 is 32.9 Å². The second kappa shape index (κ2) is 448. The molecule has 0 radical (unpaired) electrons. The van der Waals surface area contributed by atoms with Crippen molar-refractivity contribution >= 4 is 8.58 Å². The molecule has 8 heteroatoms. The molecule has 12 N–H and O–H groups in total. The predicted molar refractivity (Wildman–Crippen MR) is 27.5 cm³/mol. The molecule has 0 unspecified atom stereocenters. The van der Waals surface area contributed by atoms with E-state index >= 15 is 0 Å². The summed E-state index contributed by atoms with van der Waals surface area (Å²) in [7, 11) is 4.70. The van der Waals surface area contributed by atoms with Crippen LogP contribution in [-0.2, 0) is 23.2 Å². The topological polar surface area (TPSA) is 189 Å². The van der Waals surface area contributed by atoms with Crippen LogP contribution in [0.2, 0.25) is 0 Å². The molecule has 6 nitrogen and oxygen atoms in total. The van der Waals surface area contributed by atoms with Crippen LogP contribution >= 0.6 is 8.58 Å². The van der Waals surface area contributed by atoms with Gasteiger partial charge in [-0.3, -0.25) is 0 Å². The van der Waals surface area contributed by atoms with Crippen molar-refractivity contribution in [3.05, 3.63) is 0 Å². The molecule has 0 heterocycles. The summed E-state index contributed by atoms with van der Waals surface area (Å²) in [4.78, 5) is 0. The standard InChI is InChI=1S/ClH.6H2O.Sc/h1H;6*1H2;/q;;;;;;;+1/p-1. The van der Waals surface area contributed by atoms with E-state index < -0.39 is 0 Å². The van der Waals surface area contributed by atoms with Gasteiger partial charge in [0.05, 0.1) is 0 Å². The van der Waals surface area contributed by atoms with E-state index in [-0.39, 0.29) is 32.9 Å². The minimum absolute atomic E-state index is 0. The van der Waals surface area contributed by atoms with Gasteiger partial charge in [-0.25, -0.2) is 0 Å². The molecule has 0 atom stereocenters. The fourth-order valence-corrected chi connectivity index (χ4v) is 0. The van der Waals surface area contributed by atoms with Crippen molar-refractivity contribution in [3.63, 3.8) is 0 Å². The Morgan fingerprint density at radius 1 is 0.500 bits per heavy atom. The zero-order valence-corrected chi connectivity index (χ0v) is 6.51. The maximum absolute atomic E-state index is 4.70. The zero-order valence-electron chi connectivity index (χ0n) is 3.96. The summed E-state index contributed by atoms with van der Waals surface area (Å²) in [5, 5.41) is 0. The van der Waals surface area contributed by atoms with E-state index in [1.807, 2.05) is 0 Å². The quantitative estimate of drug-likeness (QED) is 0.356. The zero-order chi connectivity index (χ0) is 2.00. The molecule has 0 saturated heterocycles. The first-order valence-electron chi connectivity index (χ1n) is 0.218. The summed E-state index contributed by atoms with van der Waals surface area (Å²) in [6.07, 6.45) is 0. The summed E-state index contributed by atoms with van der Waals surface area (Å²) < 4.78 is 0. The summed E-state index contributed by atoms with van der Waals surface area (Å²) in [5.74, 6) is 0. The molecule has 0 rings (SSSR count). The van der Waals surface area contributed by atoms with Crippen molar-refractivity contribution in [3.8, 4) is 0 Å². The second-order valence-corrected chi connectivity index (χ2v) is 0. The Morgan fingerprint density at radius 3 is 0.500 bits per heavy atom. The first-order chi connectivity index (χ1) is 1.00. The molecule has 0 bridgehead atoms. The molecule has 0 aliphatic rings. The average molecular weight is 188 g/mol. The van der Waals surface area contributed by atoms with Gasteiger partial charge >= 0.3 is 31.8 Å². The molecule has 58 valence electrons. The third-order valence-electron chi connectivity index (χ3n) is 0. The average Bonchev–Trinajstić information content (AvgIpc) is 1.00. The molecule has 0 aromatic carbocycles. The number of rotatable bonds is 0. The van der Waals surface area contributed by atoms with Crippen LogP contribution in [0.4, 0.5) is 0 Å². The Balaban J connectivity index is -0.000000000333. The molecule has 0 fully saturated rings. The Kier molecular flexibility index (Phi) is 8500. The third kappa shape index (κ3) is 286. The van der Waals surface area contributed by atoms with Crippen LogP contribution in [0.25, 0.3) is 0 Å². The summed E-state index contributed by atoms with van der Waals surface area (Å²) in [5.41, 5.74) is 0. The number of hydrogen-bond acceptors (Lipinski definition) is 0. The third-order valence-corrected chi connectivity index (χ3v) is 0. The van der Waals surface area contributed by atoms with Crippen molar-refractivity contribution in [2.75, 3.05) is 0 Å². The van der Waals surface area contributed by atoms with Gasteiger partial charge in [0.1, 0.15) is 0 Å². The number of halogens is 1. The Morgan fingerprint density at radius 2 is 0.500 bits per heavy atom. The van der Waals surface area contributed by atoms with Crippen molar-refractivity contribution < 1.29 is 56.0 Å². The van der Waals surface area contributed by atoms with Gasteiger partial charge in [-0.1, -0.05) is 0 Å². The first kappa shape index (κ1) is 152. The molecule has 0 aromatic rings. The molecular formula is H12ClO6Sc. The van der Waals surface area contributed by atoms with E-state index in [0.717, 1.165) is 23.2 Å². The van der Waals surface area contributed by atoms with E-state index in [4.69, 9.17) is 8.58 Å². The van der Waals surface area contributed by atoms with Crippen LogP contribution in [0.3, 0.4) is 0 Å². The van der Waals surface area contributed by atoms with Crippen molar-refractivity contribution in [2.24, 2.45) is 0 Å². The number of hydrogen-bond donors (Lipinski definition) is 0. The summed E-state index contributed by atoms with van der Waals surface area (Å²) in [6.45, 7) is 0. The van der Waals surface area contributed by atoms with E-state index in [1.54, 1.807) is 0 Å². The minimum atomic E-state index is 0. The maximum atomic E-state index is 4.70. The Hall–Kier alpha value is 0.920. The monoisotopic (exact) mass is 188 g/mol. The first-order valence-corrected chi connectivity index (χ1v) is 2.70. The van der Waals surface area contributed by atoms with Gasteiger partial charge in [0.25, 0.3) is 0 Å². The molecule has 0 aromatic heterocycles. The van der Waals surface area contributed by atoms with Crippen LogP contribution < -0.4 is 0 Å². The molecule has 0 amide bonds. The van der Waals surface area contributed by atoms with Gasteiger partial charge in [0.15, 0.2) is 0 Å². The Bertz CT molecular complexity index is 8.49. The fourth-order valence-electron chi connectivity index (χ4n) is 0. The van der Waals surface area contributed by atoms with Gasteiger partial charge in [-0.05, 0) is 0 Å². The summed E-state index contributed by atoms with van der Waals surface area (Å²) in [6, 6.07) is 0. The van der Waals surface area contributed by atoms with E-state index in [0.29, 0.717) is 0 Å². The van der Waals surface area contributed by atoms with Crippen molar-refractivity contribution in [2.45, 2.75) is 0 Å². The van der Waals surface area contributed by atoms with Gasteiger partial charge in [-0.15, -0.1) is 0 Å². The van der Waals surface area contributed by atoms with E-state index in [9.17, 15) is 0 Å². The fraction of sp³-hybridized carbons (Fsp3) is 0. The molecule has 0 aliphatic heterocycles. The van der Waals surface area contributed by atoms with Crippen LogP contribution in [0.15, 0.2) is 0 Å². The van der Waals surface area contributed by atoms with Gasteiger partial charge in [0.2, 0.25) is 0 Å².